The average Bonchev–Trinajstić information content (AvgIpc) is 2.57. The first kappa shape index (κ1) is 10.4. The standard InChI is InChI=1S/C11H21NO2/c1-10-8-14-7-6-12(10)9-11(13)4-2-3-5-11/h10,13H,2-9H2,1H3. The second-order valence-corrected chi connectivity index (χ2v) is 4.83. The smallest absolute Gasteiger partial charge is 0.0774 e. The summed E-state index contributed by atoms with van der Waals surface area (Å²) in [7, 11) is 0. The molecular formula is C11H21NO2. The van der Waals surface area contributed by atoms with Gasteiger partial charge in [0.1, 0.15) is 0 Å². The van der Waals surface area contributed by atoms with Crippen molar-refractivity contribution in [1.82, 2.24) is 4.90 Å². The molecule has 0 aromatic rings. The molecule has 0 aromatic carbocycles. The van der Waals surface area contributed by atoms with Crippen LogP contribution in [0.25, 0.3) is 0 Å². The molecule has 0 bridgehead atoms. The van der Waals surface area contributed by atoms with Gasteiger partial charge in [0.15, 0.2) is 0 Å². The Morgan fingerprint density at radius 1 is 1.43 bits per heavy atom. The molecule has 1 unspecified atom stereocenters. The highest BCUT2D eigenvalue weighted by Gasteiger charge is 2.34. The molecule has 3 heteroatoms. The molecule has 2 aliphatic rings. The minimum atomic E-state index is -0.397. The molecular weight excluding hydrogens is 178 g/mol. The largest absolute Gasteiger partial charge is 0.389 e. The molecule has 0 radical (unpaired) electrons. The van der Waals surface area contributed by atoms with Crippen LogP contribution < -0.4 is 0 Å². The fraction of sp³-hybridized carbons (Fsp3) is 1.00. The fourth-order valence-corrected chi connectivity index (χ4v) is 2.57. The first-order valence-electron chi connectivity index (χ1n) is 5.74. The summed E-state index contributed by atoms with van der Waals surface area (Å²) < 4.78 is 5.39. The third kappa shape index (κ3) is 2.27. The summed E-state index contributed by atoms with van der Waals surface area (Å²) in [6, 6.07) is 0.466. The van der Waals surface area contributed by atoms with Gasteiger partial charge in [-0.1, -0.05) is 12.8 Å². The van der Waals surface area contributed by atoms with Crippen LogP contribution in [-0.2, 0) is 4.74 Å². The Morgan fingerprint density at radius 3 is 2.79 bits per heavy atom. The summed E-state index contributed by atoms with van der Waals surface area (Å²) in [6.45, 7) is 5.63. The van der Waals surface area contributed by atoms with E-state index >= 15 is 0 Å². The summed E-state index contributed by atoms with van der Waals surface area (Å²) in [4.78, 5) is 2.37. The Morgan fingerprint density at radius 2 is 2.14 bits per heavy atom. The van der Waals surface area contributed by atoms with Crippen molar-refractivity contribution >= 4 is 0 Å². The van der Waals surface area contributed by atoms with E-state index in [4.69, 9.17) is 4.74 Å². The van der Waals surface area contributed by atoms with E-state index in [-0.39, 0.29) is 0 Å². The van der Waals surface area contributed by atoms with Gasteiger partial charge in [0, 0.05) is 19.1 Å². The molecule has 2 fully saturated rings. The van der Waals surface area contributed by atoms with E-state index in [1.165, 1.54) is 12.8 Å². The van der Waals surface area contributed by atoms with E-state index in [0.717, 1.165) is 39.1 Å². The van der Waals surface area contributed by atoms with Crippen LogP contribution in [0, 0.1) is 0 Å². The second kappa shape index (κ2) is 4.17. The SMILES string of the molecule is CC1COCCN1CC1(O)CCCC1. The van der Waals surface area contributed by atoms with Crippen molar-refractivity contribution in [2.75, 3.05) is 26.3 Å². The molecule has 82 valence electrons. The third-order valence-electron chi connectivity index (χ3n) is 3.54. The van der Waals surface area contributed by atoms with Crippen LogP contribution >= 0.6 is 0 Å². The van der Waals surface area contributed by atoms with E-state index in [1.54, 1.807) is 0 Å². The molecule has 0 spiro atoms. The lowest BCUT2D eigenvalue weighted by molar-refractivity contribution is -0.0526. The molecule has 3 nitrogen and oxygen atoms in total. The molecule has 1 atom stereocenters. The highest BCUT2D eigenvalue weighted by molar-refractivity contribution is 4.89. The van der Waals surface area contributed by atoms with Crippen molar-refractivity contribution in [3.05, 3.63) is 0 Å². The van der Waals surface area contributed by atoms with Crippen molar-refractivity contribution in [3.8, 4) is 0 Å². The number of morpholine rings is 1. The van der Waals surface area contributed by atoms with Gasteiger partial charge in [-0.15, -0.1) is 0 Å². The fourth-order valence-electron chi connectivity index (χ4n) is 2.57. The summed E-state index contributed by atoms with van der Waals surface area (Å²) in [5.74, 6) is 0. The van der Waals surface area contributed by atoms with Crippen LogP contribution in [0.15, 0.2) is 0 Å². The number of β-amino-alcohol motifs (C(OH)–C–C–N with tert-alkyl or cyclic N) is 1. The van der Waals surface area contributed by atoms with Crippen LogP contribution in [0.4, 0.5) is 0 Å². The van der Waals surface area contributed by atoms with Crippen molar-refractivity contribution in [2.24, 2.45) is 0 Å². The van der Waals surface area contributed by atoms with Crippen LogP contribution in [0.5, 0.6) is 0 Å². The Hall–Kier alpha value is -0.120. The number of nitrogens with zero attached hydrogens (tertiary/aromatic N) is 1. The minimum Gasteiger partial charge on any atom is -0.389 e. The summed E-state index contributed by atoms with van der Waals surface area (Å²) >= 11 is 0. The summed E-state index contributed by atoms with van der Waals surface area (Å²) in [5, 5.41) is 10.3. The van der Waals surface area contributed by atoms with Gasteiger partial charge in [-0.2, -0.15) is 0 Å². The van der Waals surface area contributed by atoms with Crippen molar-refractivity contribution in [3.63, 3.8) is 0 Å². The lowest BCUT2D eigenvalue weighted by Crippen LogP contribution is -2.50. The van der Waals surface area contributed by atoms with Gasteiger partial charge in [0.05, 0.1) is 18.8 Å². The van der Waals surface area contributed by atoms with E-state index in [9.17, 15) is 5.11 Å². The van der Waals surface area contributed by atoms with Crippen molar-refractivity contribution in [2.45, 2.75) is 44.2 Å². The molecule has 2 rings (SSSR count). The topological polar surface area (TPSA) is 32.7 Å². The zero-order valence-corrected chi connectivity index (χ0v) is 9.04. The molecule has 1 heterocycles. The zero-order chi connectivity index (χ0) is 10.0. The number of aliphatic hydroxyl groups is 1. The quantitative estimate of drug-likeness (QED) is 0.720. The Labute approximate surface area is 86.0 Å². The average molecular weight is 199 g/mol. The normalized spacial score (nSPS) is 33.4. The molecule has 1 aliphatic heterocycles. The second-order valence-electron chi connectivity index (χ2n) is 4.83. The third-order valence-corrected chi connectivity index (χ3v) is 3.54. The van der Waals surface area contributed by atoms with Gasteiger partial charge in [-0.3, -0.25) is 4.90 Å². The predicted molar refractivity (Wildman–Crippen MR) is 55.3 cm³/mol. The molecule has 1 saturated heterocycles. The van der Waals surface area contributed by atoms with Crippen LogP contribution in [-0.4, -0.2) is 48.0 Å². The molecule has 14 heavy (non-hydrogen) atoms. The van der Waals surface area contributed by atoms with Gasteiger partial charge in [0.25, 0.3) is 0 Å². The lowest BCUT2D eigenvalue weighted by Gasteiger charge is -2.38. The maximum absolute atomic E-state index is 10.3. The first-order chi connectivity index (χ1) is 6.70. The van der Waals surface area contributed by atoms with Gasteiger partial charge in [-0.05, 0) is 19.8 Å². The summed E-state index contributed by atoms with van der Waals surface area (Å²) in [6.07, 6.45) is 4.35. The van der Waals surface area contributed by atoms with Gasteiger partial charge < -0.3 is 9.84 Å². The monoisotopic (exact) mass is 199 g/mol. The molecule has 1 N–H and O–H groups in total. The van der Waals surface area contributed by atoms with Crippen molar-refractivity contribution < 1.29 is 9.84 Å². The maximum Gasteiger partial charge on any atom is 0.0774 e. The molecule has 0 amide bonds. The maximum atomic E-state index is 10.3. The molecule has 1 saturated carbocycles. The van der Waals surface area contributed by atoms with E-state index in [0.29, 0.717) is 6.04 Å². The number of hydrogen-bond acceptors (Lipinski definition) is 3. The zero-order valence-electron chi connectivity index (χ0n) is 9.04. The predicted octanol–water partition coefficient (Wildman–Crippen LogP) is 1.01. The number of ether oxygens (including phenoxy) is 1. The van der Waals surface area contributed by atoms with Gasteiger partial charge in [-0.25, -0.2) is 0 Å². The van der Waals surface area contributed by atoms with Crippen LogP contribution in [0.1, 0.15) is 32.6 Å². The van der Waals surface area contributed by atoms with E-state index < -0.39 is 5.60 Å². The Balaban J connectivity index is 1.88. The molecule has 1 aliphatic carbocycles. The Bertz CT molecular complexity index is 190. The number of hydrogen-bond donors (Lipinski definition) is 1. The lowest BCUT2D eigenvalue weighted by atomic mass is 10.0. The number of rotatable bonds is 2. The van der Waals surface area contributed by atoms with E-state index in [1.807, 2.05) is 0 Å². The highest BCUT2D eigenvalue weighted by Crippen LogP contribution is 2.30. The van der Waals surface area contributed by atoms with Crippen molar-refractivity contribution in [1.29, 1.82) is 0 Å². The van der Waals surface area contributed by atoms with Gasteiger partial charge in [0.2, 0.25) is 0 Å². The highest BCUT2D eigenvalue weighted by atomic mass is 16.5. The molecule has 0 aromatic heterocycles. The first-order valence-corrected chi connectivity index (χ1v) is 5.74. The summed E-state index contributed by atoms with van der Waals surface area (Å²) in [5.41, 5.74) is -0.397. The van der Waals surface area contributed by atoms with Crippen LogP contribution in [0.2, 0.25) is 0 Å². The van der Waals surface area contributed by atoms with Gasteiger partial charge >= 0.3 is 0 Å². The minimum absolute atomic E-state index is 0.397. The van der Waals surface area contributed by atoms with E-state index in [2.05, 4.69) is 11.8 Å². The Kier molecular flexibility index (Phi) is 3.10. The van der Waals surface area contributed by atoms with Crippen LogP contribution in [0.3, 0.4) is 0 Å².